The summed E-state index contributed by atoms with van der Waals surface area (Å²) in [6.45, 7) is 3.82. The van der Waals surface area contributed by atoms with Crippen molar-refractivity contribution in [3.8, 4) is 11.6 Å². The van der Waals surface area contributed by atoms with Crippen molar-refractivity contribution in [3.05, 3.63) is 47.9 Å². The topological polar surface area (TPSA) is 181 Å². The molecule has 0 radical (unpaired) electrons. The Kier molecular flexibility index (Phi) is 9.99. The molecular formula is C28H36N10O6. The van der Waals surface area contributed by atoms with Crippen molar-refractivity contribution in [1.29, 1.82) is 0 Å². The van der Waals surface area contributed by atoms with Crippen molar-refractivity contribution in [2.45, 2.75) is 38.6 Å². The molecule has 3 aromatic rings. The van der Waals surface area contributed by atoms with Gasteiger partial charge in [-0.2, -0.15) is 10.3 Å². The Balaban J connectivity index is 1.17. The molecule has 2 aliphatic heterocycles. The zero-order valence-electron chi connectivity index (χ0n) is 24.6. The second-order valence-corrected chi connectivity index (χ2v) is 10.4. The molecule has 2 N–H and O–H groups in total. The van der Waals surface area contributed by atoms with Gasteiger partial charge in [-0.1, -0.05) is 36.8 Å². The average molecular weight is 609 g/mol. The summed E-state index contributed by atoms with van der Waals surface area (Å²) >= 11 is 0. The molecule has 0 aliphatic carbocycles. The lowest BCUT2D eigenvalue weighted by atomic mass is 10.2. The fourth-order valence-electron chi connectivity index (χ4n) is 5.09. The lowest BCUT2D eigenvalue weighted by Gasteiger charge is -2.34. The number of ether oxygens (including phenoxy) is 2. The van der Waals surface area contributed by atoms with Gasteiger partial charge in [-0.25, -0.2) is 9.48 Å². The summed E-state index contributed by atoms with van der Waals surface area (Å²) in [6.07, 6.45) is 2.89. The zero-order chi connectivity index (χ0) is 30.9. The van der Waals surface area contributed by atoms with Crippen molar-refractivity contribution < 1.29 is 28.7 Å². The number of amides is 4. The summed E-state index contributed by atoms with van der Waals surface area (Å²) in [5.41, 5.74) is 0.650. The van der Waals surface area contributed by atoms with Gasteiger partial charge in [0.05, 0.1) is 24.9 Å². The summed E-state index contributed by atoms with van der Waals surface area (Å²) in [5.74, 6) is -0.462. The number of hydrogen-bond donors (Lipinski definition) is 2. The predicted molar refractivity (Wildman–Crippen MR) is 154 cm³/mol. The van der Waals surface area contributed by atoms with Crippen LogP contribution in [-0.4, -0.2) is 121 Å². The maximum Gasteiger partial charge on any atom is 0.409 e. The summed E-state index contributed by atoms with van der Waals surface area (Å²) in [7, 11) is 0. The molecule has 44 heavy (non-hydrogen) atoms. The van der Waals surface area contributed by atoms with Crippen LogP contribution in [0.25, 0.3) is 5.69 Å². The maximum absolute atomic E-state index is 13.1. The van der Waals surface area contributed by atoms with Crippen molar-refractivity contribution in [2.24, 2.45) is 0 Å². The van der Waals surface area contributed by atoms with Crippen molar-refractivity contribution >= 4 is 23.8 Å². The molecule has 0 bridgehead atoms. The number of para-hydroxylation sites is 1. The van der Waals surface area contributed by atoms with Crippen LogP contribution in [0.2, 0.25) is 0 Å². The minimum Gasteiger partial charge on any atom is -0.467 e. The highest BCUT2D eigenvalue weighted by atomic mass is 16.6. The third kappa shape index (κ3) is 7.30. The van der Waals surface area contributed by atoms with Crippen molar-refractivity contribution in [3.63, 3.8) is 0 Å². The van der Waals surface area contributed by atoms with E-state index in [1.807, 2.05) is 25.1 Å². The van der Waals surface area contributed by atoms with Gasteiger partial charge in [-0.3, -0.25) is 14.4 Å². The van der Waals surface area contributed by atoms with E-state index in [4.69, 9.17) is 9.47 Å². The number of rotatable bonds is 11. The zero-order valence-corrected chi connectivity index (χ0v) is 24.6. The number of likely N-dealkylation sites (tertiary alicyclic amines) is 1. The van der Waals surface area contributed by atoms with E-state index in [0.29, 0.717) is 50.8 Å². The van der Waals surface area contributed by atoms with E-state index >= 15 is 0 Å². The van der Waals surface area contributed by atoms with Crippen LogP contribution >= 0.6 is 0 Å². The van der Waals surface area contributed by atoms with E-state index in [2.05, 4.69) is 31.0 Å². The molecule has 16 nitrogen and oxygen atoms in total. The summed E-state index contributed by atoms with van der Waals surface area (Å²) in [5, 5.41) is 21.1. The molecule has 4 heterocycles. The SMILES string of the molecule is CCCCOC(=O)N1CCN(C(=O)CNC(=O)c2cc(OCC(=O)N3CCC[C@H]3c3nn[nH]n3)n(-c3ccccc3)n2)CC1. The number of H-pyrrole nitrogens is 1. The monoisotopic (exact) mass is 608 g/mol. The number of carbonyl (C=O) groups is 4. The minimum absolute atomic E-state index is 0.0228. The van der Waals surface area contributed by atoms with E-state index in [1.165, 1.54) is 10.7 Å². The van der Waals surface area contributed by atoms with Gasteiger partial charge >= 0.3 is 6.09 Å². The average Bonchev–Trinajstić information content (AvgIpc) is 3.84. The van der Waals surface area contributed by atoms with Gasteiger partial charge in [0.2, 0.25) is 11.8 Å². The number of nitrogens with zero attached hydrogens (tertiary/aromatic N) is 8. The first kappa shape index (κ1) is 30.4. The van der Waals surface area contributed by atoms with Gasteiger partial charge in [0.25, 0.3) is 11.8 Å². The number of tetrazole rings is 1. The largest absolute Gasteiger partial charge is 0.467 e. The molecule has 4 amide bonds. The van der Waals surface area contributed by atoms with Crippen LogP contribution in [0.3, 0.4) is 0 Å². The quantitative estimate of drug-likeness (QED) is 0.297. The molecule has 0 saturated carbocycles. The van der Waals surface area contributed by atoms with Crippen LogP contribution in [0.1, 0.15) is 55.0 Å². The maximum atomic E-state index is 13.1. The van der Waals surface area contributed by atoms with Gasteiger partial charge in [-0.15, -0.1) is 10.2 Å². The summed E-state index contributed by atoms with van der Waals surface area (Å²) < 4.78 is 12.6. The first-order valence-electron chi connectivity index (χ1n) is 14.7. The molecular weight excluding hydrogens is 572 g/mol. The molecule has 0 unspecified atom stereocenters. The molecule has 234 valence electrons. The van der Waals surface area contributed by atoms with Crippen LogP contribution in [0.15, 0.2) is 36.4 Å². The highest BCUT2D eigenvalue weighted by Crippen LogP contribution is 2.29. The fourth-order valence-corrected chi connectivity index (χ4v) is 5.09. The van der Waals surface area contributed by atoms with E-state index in [0.717, 1.165) is 25.7 Å². The highest BCUT2D eigenvalue weighted by molar-refractivity contribution is 5.95. The van der Waals surface area contributed by atoms with Gasteiger partial charge < -0.3 is 29.5 Å². The van der Waals surface area contributed by atoms with Gasteiger partial charge in [-0.05, 0) is 31.4 Å². The van der Waals surface area contributed by atoms with Crippen molar-refractivity contribution in [1.82, 2.24) is 50.4 Å². The smallest absolute Gasteiger partial charge is 0.409 e. The van der Waals surface area contributed by atoms with Crippen LogP contribution in [-0.2, 0) is 14.3 Å². The second kappa shape index (κ2) is 14.4. The standard InChI is InChI=1S/C28H36N10O6/c1-2-3-16-43-28(42)36-14-12-35(13-15-36)23(39)18-29-27(41)21-17-25(38(32-21)20-8-5-4-6-9-20)44-19-24(40)37-11-7-10-22(37)26-30-33-34-31-26/h4-6,8-9,17,22H,2-3,7,10-16,18-19H2,1H3,(H,29,41)(H,30,31,33,34)/t22-/m0/s1. The van der Waals surface area contributed by atoms with E-state index < -0.39 is 5.91 Å². The number of hydrogen-bond acceptors (Lipinski definition) is 10. The molecule has 0 spiro atoms. The third-order valence-electron chi connectivity index (χ3n) is 7.50. The fraction of sp³-hybridized carbons (Fsp3) is 0.500. The molecule has 1 atom stereocenters. The molecule has 2 aliphatic rings. The minimum atomic E-state index is -0.570. The predicted octanol–water partition coefficient (Wildman–Crippen LogP) is 0.939. The van der Waals surface area contributed by atoms with E-state index in [1.54, 1.807) is 26.8 Å². The Labute approximate surface area is 253 Å². The number of benzene rings is 1. The van der Waals surface area contributed by atoms with Gasteiger partial charge in [0, 0.05) is 38.8 Å². The number of carbonyl (C=O) groups excluding carboxylic acids is 4. The summed E-state index contributed by atoms with van der Waals surface area (Å²) in [4.78, 5) is 55.9. The third-order valence-corrected chi connectivity index (χ3v) is 7.50. The Morgan fingerprint density at radius 2 is 1.80 bits per heavy atom. The van der Waals surface area contributed by atoms with Crippen LogP contribution in [0.5, 0.6) is 5.88 Å². The number of nitrogens with one attached hydrogen (secondary N) is 2. The normalized spacial score (nSPS) is 16.6. The van der Waals surface area contributed by atoms with Gasteiger partial charge in [0.15, 0.2) is 18.1 Å². The number of aromatic nitrogens is 6. The summed E-state index contributed by atoms with van der Waals surface area (Å²) in [6, 6.07) is 10.2. The first-order chi connectivity index (χ1) is 21.4. The van der Waals surface area contributed by atoms with Crippen LogP contribution in [0, 0.1) is 0 Å². The Morgan fingerprint density at radius 3 is 2.52 bits per heavy atom. The lowest BCUT2D eigenvalue weighted by Crippen LogP contribution is -2.52. The van der Waals surface area contributed by atoms with Gasteiger partial charge in [0.1, 0.15) is 0 Å². The number of aromatic amines is 1. The molecule has 16 heteroatoms. The van der Waals surface area contributed by atoms with Crippen LogP contribution in [0.4, 0.5) is 4.79 Å². The van der Waals surface area contributed by atoms with Crippen molar-refractivity contribution in [2.75, 3.05) is 52.5 Å². The first-order valence-corrected chi connectivity index (χ1v) is 14.7. The Bertz CT molecular complexity index is 1420. The number of piperazine rings is 1. The van der Waals surface area contributed by atoms with E-state index in [-0.39, 0.29) is 48.7 Å². The Hall–Kier alpha value is -5.02. The molecule has 2 fully saturated rings. The molecule has 2 saturated heterocycles. The van der Waals surface area contributed by atoms with Crippen LogP contribution < -0.4 is 10.1 Å². The highest BCUT2D eigenvalue weighted by Gasteiger charge is 2.33. The molecule has 2 aromatic heterocycles. The molecule has 1 aromatic carbocycles. The Morgan fingerprint density at radius 1 is 1.02 bits per heavy atom. The molecule has 5 rings (SSSR count). The lowest BCUT2D eigenvalue weighted by molar-refractivity contribution is -0.134. The number of unbranched alkanes of at least 4 members (excludes halogenated alkanes) is 1. The van der Waals surface area contributed by atoms with E-state index in [9.17, 15) is 19.2 Å². The second-order valence-electron chi connectivity index (χ2n) is 10.4.